The molecule has 0 amide bonds. The summed E-state index contributed by atoms with van der Waals surface area (Å²) in [4.78, 5) is 2.51. The fourth-order valence-electron chi connectivity index (χ4n) is 19.2. The molecule has 12 fully saturated rings. The molecule has 0 atom stereocenters. The van der Waals surface area contributed by atoms with Crippen LogP contribution in [0.3, 0.4) is 0 Å². The Morgan fingerprint density at radius 3 is 0.731 bits per heavy atom. The van der Waals surface area contributed by atoms with Crippen LogP contribution in [0.15, 0.2) is 36.4 Å². The molecule has 12 aliphatic carbocycles. The number of hydrogen-bond acceptors (Lipinski definition) is 4. The third-order valence-electron chi connectivity index (χ3n) is 21.2. The standard InChI is InChI=1S/C63H87NO3/c1-58(2,3)49-19-46(55(65)52(22-49)61-25-37-10-38(26-61)12-39(11-37)27-61)34-64(35-47-20-50(59(4,5)6)23-53(56(47)66)62-28-40-13-41(29-62)15-42(14-40)30-62)36-48-21-51(60(7,8)9)24-54(57(48)67)63-31-43-16-44(32-63)18-45(17-43)33-63/h19-24,37-45,65-67H,10-18,25-36H2,1-9H3. The van der Waals surface area contributed by atoms with Crippen LogP contribution in [0.25, 0.3) is 0 Å². The van der Waals surface area contributed by atoms with Gasteiger partial charge in [-0.3, -0.25) is 4.90 Å². The number of rotatable bonds is 9. The van der Waals surface area contributed by atoms with E-state index in [2.05, 4.69) is 104 Å². The molecule has 3 aromatic rings. The number of phenols is 3. The van der Waals surface area contributed by atoms with Gasteiger partial charge in [0.05, 0.1) is 0 Å². The van der Waals surface area contributed by atoms with Gasteiger partial charge < -0.3 is 15.3 Å². The molecule has 12 bridgehead atoms. The van der Waals surface area contributed by atoms with E-state index in [0.29, 0.717) is 36.9 Å². The van der Waals surface area contributed by atoms with Crippen LogP contribution < -0.4 is 0 Å². The van der Waals surface area contributed by atoms with Crippen molar-refractivity contribution < 1.29 is 15.3 Å². The number of aromatic hydroxyl groups is 3. The quantitative estimate of drug-likeness (QED) is 0.200. The van der Waals surface area contributed by atoms with Crippen molar-refractivity contribution in [3.8, 4) is 17.2 Å². The average molecular weight is 906 g/mol. The van der Waals surface area contributed by atoms with Gasteiger partial charge in [0.2, 0.25) is 0 Å². The Kier molecular flexibility index (Phi) is 10.3. The molecule has 0 radical (unpaired) electrons. The molecule has 0 spiro atoms. The molecule has 15 rings (SSSR count). The van der Waals surface area contributed by atoms with Crippen molar-refractivity contribution in [1.29, 1.82) is 0 Å². The minimum absolute atomic E-state index is 0.0534. The van der Waals surface area contributed by atoms with E-state index in [9.17, 15) is 15.3 Å². The van der Waals surface area contributed by atoms with Gasteiger partial charge >= 0.3 is 0 Å². The summed E-state index contributed by atoms with van der Waals surface area (Å²) < 4.78 is 0. The van der Waals surface area contributed by atoms with Gasteiger partial charge in [0.1, 0.15) is 17.2 Å². The van der Waals surface area contributed by atoms with Crippen LogP contribution in [-0.2, 0) is 52.1 Å². The zero-order valence-corrected chi connectivity index (χ0v) is 43.3. The Balaban J connectivity index is 0.999. The lowest BCUT2D eigenvalue weighted by Gasteiger charge is -2.57. The van der Waals surface area contributed by atoms with Gasteiger partial charge in [-0.1, -0.05) is 98.7 Å². The van der Waals surface area contributed by atoms with Crippen LogP contribution in [0.5, 0.6) is 17.2 Å². The first kappa shape index (κ1) is 45.2. The molecule has 0 saturated heterocycles. The van der Waals surface area contributed by atoms with Crippen LogP contribution >= 0.6 is 0 Å². The summed E-state index contributed by atoms with van der Waals surface area (Å²) in [5.74, 6) is 8.61. The molecule has 3 N–H and O–H groups in total. The number of benzene rings is 3. The van der Waals surface area contributed by atoms with Gasteiger partial charge in [0, 0.05) is 53.0 Å². The summed E-state index contributed by atoms with van der Waals surface area (Å²) in [5.41, 5.74) is 10.6. The van der Waals surface area contributed by atoms with E-state index < -0.39 is 0 Å². The third kappa shape index (κ3) is 7.75. The van der Waals surface area contributed by atoms with E-state index in [4.69, 9.17) is 0 Å². The summed E-state index contributed by atoms with van der Waals surface area (Å²) in [6, 6.07) is 14.3. The zero-order valence-electron chi connectivity index (χ0n) is 43.3. The van der Waals surface area contributed by atoms with Gasteiger partial charge in [0.25, 0.3) is 0 Å². The Bertz CT molecular complexity index is 2070. The number of hydrogen-bond donors (Lipinski definition) is 3. The van der Waals surface area contributed by atoms with Crippen molar-refractivity contribution in [2.45, 2.75) is 230 Å². The van der Waals surface area contributed by atoms with Crippen LogP contribution in [0.4, 0.5) is 0 Å². The van der Waals surface area contributed by atoms with Crippen molar-refractivity contribution in [2.24, 2.45) is 53.3 Å². The molecule has 0 unspecified atom stereocenters. The Morgan fingerprint density at radius 1 is 0.358 bits per heavy atom. The Morgan fingerprint density at radius 2 is 0.552 bits per heavy atom. The van der Waals surface area contributed by atoms with Gasteiger partial charge in [-0.05, 0) is 218 Å². The molecule has 3 aromatic carbocycles. The highest BCUT2D eigenvalue weighted by atomic mass is 16.3. The van der Waals surface area contributed by atoms with E-state index >= 15 is 0 Å². The monoisotopic (exact) mass is 906 g/mol. The second-order valence-corrected chi connectivity index (χ2v) is 29.6. The van der Waals surface area contributed by atoms with Crippen molar-refractivity contribution in [1.82, 2.24) is 4.90 Å². The highest BCUT2D eigenvalue weighted by Gasteiger charge is 2.56. The summed E-state index contributed by atoms with van der Waals surface area (Å²) in [6.45, 7) is 22.7. The predicted octanol–water partition coefficient (Wildman–Crippen LogP) is 15.3. The fraction of sp³-hybridized carbons (Fsp3) is 0.714. The van der Waals surface area contributed by atoms with Crippen LogP contribution in [0, 0.1) is 53.3 Å². The maximum absolute atomic E-state index is 13.0. The van der Waals surface area contributed by atoms with E-state index in [1.165, 1.54) is 149 Å². The van der Waals surface area contributed by atoms with Gasteiger partial charge in [-0.15, -0.1) is 0 Å². The molecule has 67 heavy (non-hydrogen) atoms. The van der Waals surface area contributed by atoms with Gasteiger partial charge in [-0.2, -0.15) is 0 Å². The first-order valence-electron chi connectivity index (χ1n) is 27.8. The second kappa shape index (κ2) is 15.3. The van der Waals surface area contributed by atoms with Crippen molar-refractivity contribution in [2.75, 3.05) is 0 Å². The Labute approximate surface area is 405 Å². The fourth-order valence-corrected chi connectivity index (χ4v) is 19.2. The molecular weight excluding hydrogens is 819 g/mol. The molecule has 0 aromatic heterocycles. The van der Waals surface area contributed by atoms with Crippen molar-refractivity contribution in [3.05, 3.63) is 86.5 Å². The van der Waals surface area contributed by atoms with Crippen LogP contribution in [-0.4, -0.2) is 20.2 Å². The number of phenolic OH excluding ortho intramolecular Hbond substituents is 3. The van der Waals surface area contributed by atoms with Crippen LogP contribution in [0.2, 0.25) is 0 Å². The predicted molar refractivity (Wildman–Crippen MR) is 273 cm³/mol. The third-order valence-corrected chi connectivity index (χ3v) is 21.2. The smallest absolute Gasteiger partial charge is 0.123 e. The topological polar surface area (TPSA) is 63.9 Å². The summed E-state index contributed by atoms with van der Waals surface area (Å²) in [5, 5.41) is 39.0. The normalized spacial score (nSPS) is 37.1. The zero-order chi connectivity index (χ0) is 46.8. The average Bonchev–Trinajstić information content (AvgIpc) is 3.20. The molecule has 0 aliphatic heterocycles. The lowest BCUT2D eigenvalue weighted by atomic mass is 9.47. The lowest BCUT2D eigenvalue weighted by Crippen LogP contribution is -2.48. The molecule has 4 heteroatoms. The summed E-state index contributed by atoms with van der Waals surface area (Å²) in [7, 11) is 0. The minimum atomic E-state index is -0.0809. The maximum atomic E-state index is 13.0. The van der Waals surface area contributed by atoms with Gasteiger partial charge in [-0.25, -0.2) is 0 Å². The summed E-state index contributed by atoms with van der Waals surface area (Å²) in [6.07, 6.45) is 23.3. The largest absolute Gasteiger partial charge is 0.507 e. The first-order chi connectivity index (χ1) is 31.5. The second-order valence-electron chi connectivity index (χ2n) is 29.6. The molecule has 0 heterocycles. The first-order valence-corrected chi connectivity index (χ1v) is 27.8. The SMILES string of the molecule is CC(C)(C)c1cc(CN(Cc2cc(C(C)(C)C)cc(C34CC5CC(CC(C5)C3)C4)c2O)Cc2cc(C(C)(C)C)cc(C34CC5CC(CC(C5)C3)C4)c2O)c(O)c(C23CC4CC(CC(C4)C2)C3)c1. The highest BCUT2D eigenvalue weighted by molar-refractivity contribution is 5.54. The van der Waals surface area contributed by atoms with E-state index in [0.717, 1.165) is 70.0 Å². The highest BCUT2D eigenvalue weighted by Crippen LogP contribution is 2.65. The molecule has 12 aliphatic rings. The lowest BCUT2D eigenvalue weighted by molar-refractivity contribution is -0.00638. The maximum Gasteiger partial charge on any atom is 0.123 e. The van der Waals surface area contributed by atoms with Crippen molar-refractivity contribution >= 4 is 0 Å². The summed E-state index contributed by atoms with van der Waals surface area (Å²) >= 11 is 0. The van der Waals surface area contributed by atoms with E-state index in [-0.39, 0.29) is 32.5 Å². The van der Waals surface area contributed by atoms with Crippen LogP contribution in [0.1, 0.15) is 228 Å². The molecule has 4 nitrogen and oxygen atoms in total. The molecule has 362 valence electrons. The molecule has 12 saturated carbocycles. The minimum Gasteiger partial charge on any atom is -0.507 e. The van der Waals surface area contributed by atoms with Gasteiger partial charge in [0.15, 0.2) is 0 Å². The number of nitrogens with zero attached hydrogens (tertiary/aromatic N) is 1. The van der Waals surface area contributed by atoms with E-state index in [1.54, 1.807) is 0 Å². The van der Waals surface area contributed by atoms with Crippen molar-refractivity contribution in [3.63, 3.8) is 0 Å². The van der Waals surface area contributed by atoms with E-state index in [1.807, 2.05) is 0 Å². The molecular formula is C63H87NO3. The Hall–Kier alpha value is -2.98.